The number of nitrogens with one attached hydrogen (secondary N) is 1. The summed E-state index contributed by atoms with van der Waals surface area (Å²) in [6.45, 7) is 2.63. The maximum Gasteiger partial charge on any atom is 0.262 e. The van der Waals surface area contributed by atoms with E-state index < -0.39 is 5.91 Å². The number of nitriles is 1. The van der Waals surface area contributed by atoms with Crippen molar-refractivity contribution in [3.8, 4) is 17.6 Å². The lowest BCUT2D eigenvalue weighted by molar-refractivity contribution is -0.117. The maximum atomic E-state index is 12.8. The molecule has 4 rings (SSSR count). The van der Waals surface area contributed by atoms with Crippen LogP contribution in [0.2, 0.25) is 0 Å². The van der Waals surface area contributed by atoms with Gasteiger partial charge in [-0.05, 0) is 47.4 Å². The Morgan fingerprint density at radius 2 is 1.35 bits per heavy atom. The summed E-state index contributed by atoms with van der Waals surface area (Å²) in [5.41, 5.74) is 3.69. The van der Waals surface area contributed by atoms with E-state index in [1.54, 1.807) is 24.3 Å². The van der Waals surface area contributed by atoms with Crippen LogP contribution in [0, 0.1) is 11.3 Å². The standard InChI is InChI=1S/C32H28N2O3/c1-24(28-15-9-4-10-16-28)34-32(35)29(21-33)19-27-17-18-30(36-22-25-11-5-2-6-12-25)31(20-27)37-23-26-13-7-3-8-14-26/h2-20,24H,22-23H2,1H3,(H,34,35). The average Bonchev–Trinajstić information content (AvgIpc) is 2.95. The van der Waals surface area contributed by atoms with Crippen LogP contribution in [-0.2, 0) is 18.0 Å². The fourth-order valence-electron chi connectivity index (χ4n) is 3.73. The number of carbonyl (C=O) groups is 1. The van der Waals surface area contributed by atoms with Gasteiger partial charge in [0.2, 0.25) is 0 Å². The number of hydrogen-bond donors (Lipinski definition) is 1. The lowest BCUT2D eigenvalue weighted by Crippen LogP contribution is -2.27. The Morgan fingerprint density at radius 1 is 0.811 bits per heavy atom. The van der Waals surface area contributed by atoms with E-state index in [-0.39, 0.29) is 11.6 Å². The fraction of sp³-hybridized carbons (Fsp3) is 0.125. The summed E-state index contributed by atoms with van der Waals surface area (Å²) in [7, 11) is 0. The van der Waals surface area contributed by atoms with Gasteiger partial charge in [0.05, 0.1) is 6.04 Å². The van der Waals surface area contributed by atoms with Gasteiger partial charge >= 0.3 is 0 Å². The second-order valence-corrected chi connectivity index (χ2v) is 8.53. The van der Waals surface area contributed by atoms with E-state index in [1.165, 1.54) is 0 Å². The molecular weight excluding hydrogens is 460 g/mol. The first-order valence-corrected chi connectivity index (χ1v) is 12.1. The molecule has 184 valence electrons. The molecule has 0 radical (unpaired) electrons. The van der Waals surface area contributed by atoms with E-state index in [1.807, 2.05) is 104 Å². The van der Waals surface area contributed by atoms with E-state index >= 15 is 0 Å². The van der Waals surface area contributed by atoms with Crippen molar-refractivity contribution in [1.82, 2.24) is 5.32 Å². The Kier molecular flexibility index (Phi) is 8.72. The monoisotopic (exact) mass is 488 g/mol. The number of amides is 1. The fourth-order valence-corrected chi connectivity index (χ4v) is 3.73. The molecule has 1 amide bonds. The minimum atomic E-state index is -0.435. The zero-order chi connectivity index (χ0) is 25.9. The summed E-state index contributed by atoms with van der Waals surface area (Å²) in [5.74, 6) is 0.677. The summed E-state index contributed by atoms with van der Waals surface area (Å²) in [6, 6.07) is 36.5. The maximum absolute atomic E-state index is 12.8. The van der Waals surface area contributed by atoms with Crippen molar-refractivity contribution in [3.63, 3.8) is 0 Å². The first kappa shape index (κ1) is 25.3. The third-order valence-corrected chi connectivity index (χ3v) is 5.77. The zero-order valence-electron chi connectivity index (χ0n) is 20.6. The van der Waals surface area contributed by atoms with E-state index in [0.717, 1.165) is 16.7 Å². The lowest BCUT2D eigenvalue weighted by Gasteiger charge is -2.15. The van der Waals surface area contributed by atoms with E-state index in [4.69, 9.17) is 9.47 Å². The summed E-state index contributed by atoms with van der Waals surface area (Å²) in [6.07, 6.45) is 1.56. The van der Waals surface area contributed by atoms with Crippen LogP contribution >= 0.6 is 0 Å². The topological polar surface area (TPSA) is 71.4 Å². The molecule has 0 aliphatic heterocycles. The molecule has 1 unspecified atom stereocenters. The molecule has 0 saturated heterocycles. The SMILES string of the molecule is CC(NC(=O)C(C#N)=Cc1ccc(OCc2ccccc2)c(OCc2ccccc2)c1)c1ccccc1. The highest BCUT2D eigenvalue weighted by Crippen LogP contribution is 2.31. The quantitative estimate of drug-likeness (QED) is 0.201. The molecule has 0 bridgehead atoms. The predicted octanol–water partition coefficient (Wildman–Crippen LogP) is 6.63. The summed E-state index contributed by atoms with van der Waals surface area (Å²) < 4.78 is 12.2. The molecule has 0 spiro atoms. The van der Waals surface area contributed by atoms with E-state index in [2.05, 4.69) is 5.32 Å². The third-order valence-electron chi connectivity index (χ3n) is 5.77. The lowest BCUT2D eigenvalue weighted by atomic mass is 10.1. The van der Waals surface area contributed by atoms with Gasteiger partial charge in [0, 0.05) is 0 Å². The van der Waals surface area contributed by atoms with Gasteiger partial charge < -0.3 is 14.8 Å². The predicted molar refractivity (Wildman–Crippen MR) is 145 cm³/mol. The highest BCUT2D eigenvalue weighted by Gasteiger charge is 2.15. The molecule has 4 aromatic rings. The molecule has 0 aliphatic carbocycles. The number of benzene rings is 4. The van der Waals surface area contributed by atoms with Crippen molar-refractivity contribution in [1.29, 1.82) is 5.26 Å². The van der Waals surface area contributed by atoms with Crippen molar-refractivity contribution >= 4 is 12.0 Å². The van der Waals surface area contributed by atoms with Crippen molar-refractivity contribution in [3.05, 3.63) is 137 Å². The number of hydrogen-bond acceptors (Lipinski definition) is 4. The Balaban J connectivity index is 1.54. The van der Waals surface area contributed by atoms with Gasteiger partial charge in [0.15, 0.2) is 11.5 Å². The Hall–Kier alpha value is -4.82. The highest BCUT2D eigenvalue weighted by molar-refractivity contribution is 6.01. The molecule has 1 N–H and O–H groups in total. The van der Waals surface area contributed by atoms with Gasteiger partial charge in [0.25, 0.3) is 5.91 Å². The summed E-state index contributed by atoms with van der Waals surface area (Å²) in [4.78, 5) is 12.8. The molecular formula is C32H28N2O3. The average molecular weight is 489 g/mol. The molecule has 37 heavy (non-hydrogen) atoms. The van der Waals surface area contributed by atoms with Crippen molar-refractivity contribution in [2.24, 2.45) is 0 Å². The van der Waals surface area contributed by atoms with Crippen LogP contribution in [0.1, 0.15) is 35.2 Å². The number of nitrogens with zero attached hydrogens (tertiary/aromatic N) is 1. The molecule has 4 aromatic carbocycles. The van der Waals surface area contributed by atoms with E-state index in [9.17, 15) is 10.1 Å². The van der Waals surface area contributed by atoms with Gasteiger partial charge in [-0.3, -0.25) is 4.79 Å². The van der Waals surface area contributed by atoms with Crippen LogP contribution in [-0.4, -0.2) is 5.91 Å². The number of ether oxygens (including phenoxy) is 2. The van der Waals surface area contributed by atoms with Crippen LogP contribution in [0.4, 0.5) is 0 Å². The second kappa shape index (κ2) is 12.8. The van der Waals surface area contributed by atoms with Crippen LogP contribution in [0.3, 0.4) is 0 Å². The zero-order valence-corrected chi connectivity index (χ0v) is 20.6. The molecule has 5 nitrogen and oxygen atoms in total. The summed E-state index contributed by atoms with van der Waals surface area (Å²) >= 11 is 0. The van der Waals surface area contributed by atoms with Crippen LogP contribution < -0.4 is 14.8 Å². The van der Waals surface area contributed by atoms with Gasteiger partial charge in [-0.25, -0.2) is 0 Å². The van der Waals surface area contributed by atoms with Gasteiger partial charge in [-0.15, -0.1) is 0 Å². The van der Waals surface area contributed by atoms with Crippen LogP contribution in [0.25, 0.3) is 6.08 Å². The molecule has 0 aliphatic rings. The van der Waals surface area contributed by atoms with E-state index in [0.29, 0.717) is 30.3 Å². The van der Waals surface area contributed by atoms with Crippen LogP contribution in [0.15, 0.2) is 115 Å². The molecule has 1 atom stereocenters. The molecule has 0 aromatic heterocycles. The smallest absolute Gasteiger partial charge is 0.262 e. The molecule has 5 heteroatoms. The van der Waals surface area contributed by atoms with Gasteiger partial charge in [-0.2, -0.15) is 5.26 Å². The van der Waals surface area contributed by atoms with Gasteiger partial charge in [0.1, 0.15) is 24.9 Å². The van der Waals surface area contributed by atoms with Crippen LogP contribution in [0.5, 0.6) is 11.5 Å². The molecule has 0 heterocycles. The Bertz CT molecular complexity index is 1380. The third kappa shape index (κ3) is 7.33. The first-order valence-electron chi connectivity index (χ1n) is 12.1. The highest BCUT2D eigenvalue weighted by atomic mass is 16.5. The Labute approximate surface area is 217 Å². The first-order chi connectivity index (χ1) is 18.1. The summed E-state index contributed by atoms with van der Waals surface area (Å²) in [5, 5.41) is 12.6. The minimum Gasteiger partial charge on any atom is -0.485 e. The van der Waals surface area contributed by atoms with Crippen molar-refractivity contribution in [2.75, 3.05) is 0 Å². The normalized spacial score (nSPS) is 11.7. The Morgan fingerprint density at radius 3 is 1.92 bits per heavy atom. The molecule has 0 saturated carbocycles. The van der Waals surface area contributed by atoms with Crippen molar-refractivity contribution < 1.29 is 14.3 Å². The minimum absolute atomic E-state index is 0.00902. The largest absolute Gasteiger partial charge is 0.485 e. The van der Waals surface area contributed by atoms with Crippen molar-refractivity contribution in [2.45, 2.75) is 26.2 Å². The second-order valence-electron chi connectivity index (χ2n) is 8.53. The number of rotatable bonds is 10. The number of carbonyl (C=O) groups excluding carboxylic acids is 1. The van der Waals surface area contributed by atoms with Gasteiger partial charge in [-0.1, -0.05) is 97.1 Å². The molecule has 0 fully saturated rings.